The van der Waals surface area contributed by atoms with Crippen molar-refractivity contribution >= 4 is 5.91 Å². The highest BCUT2D eigenvalue weighted by atomic mass is 16.5. The zero-order valence-electron chi connectivity index (χ0n) is 17.2. The first-order valence-corrected chi connectivity index (χ1v) is 9.82. The molecule has 30 heavy (non-hydrogen) atoms. The van der Waals surface area contributed by atoms with E-state index in [-0.39, 0.29) is 18.4 Å². The summed E-state index contributed by atoms with van der Waals surface area (Å²) in [5, 5.41) is 8.67. The van der Waals surface area contributed by atoms with Gasteiger partial charge < -0.3 is 9.42 Å². The molecule has 0 bridgehead atoms. The average molecular weight is 401 g/mol. The Labute approximate surface area is 175 Å². The van der Waals surface area contributed by atoms with Crippen molar-refractivity contribution in [2.75, 3.05) is 7.05 Å². The number of rotatable bonds is 6. The van der Waals surface area contributed by atoms with Crippen LogP contribution in [0.1, 0.15) is 42.0 Å². The van der Waals surface area contributed by atoms with Crippen molar-refractivity contribution in [2.24, 2.45) is 0 Å². The van der Waals surface area contributed by atoms with E-state index in [4.69, 9.17) is 9.62 Å². The fourth-order valence-electron chi connectivity index (χ4n) is 3.09. The number of amides is 1. The van der Waals surface area contributed by atoms with Crippen molar-refractivity contribution in [1.82, 2.24) is 24.8 Å². The van der Waals surface area contributed by atoms with Gasteiger partial charge in [0, 0.05) is 18.5 Å². The summed E-state index contributed by atoms with van der Waals surface area (Å²) in [7, 11) is 1.71. The molecule has 0 atom stereocenters. The van der Waals surface area contributed by atoms with Gasteiger partial charge in [-0.3, -0.25) is 4.79 Å². The largest absolute Gasteiger partial charge is 0.337 e. The van der Waals surface area contributed by atoms with Gasteiger partial charge in [-0.05, 0) is 18.2 Å². The van der Waals surface area contributed by atoms with Crippen molar-refractivity contribution in [3.63, 3.8) is 0 Å². The molecule has 0 fully saturated rings. The van der Waals surface area contributed by atoms with Crippen LogP contribution in [0, 0.1) is 0 Å². The molecule has 0 saturated heterocycles. The topological polar surface area (TPSA) is 77.0 Å². The zero-order chi connectivity index (χ0) is 21.1. The molecule has 1 amide bonds. The number of para-hydroxylation sites is 1. The predicted octanol–water partition coefficient (Wildman–Crippen LogP) is 4.32. The van der Waals surface area contributed by atoms with Gasteiger partial charge in [0.25, 0.3) is 5.91 Å². The Morgan fingerprint density at radius 3 is 2.37 bits per heavy atom. The van der Waals surface area contributed by atoms with Crippen LogP contribution in [0.15, 0.2) is 71.3 Å². The highest BCUT2D eigenvalue weighted by molar-refractivity contribution is 5.94. The molecular formula is C23H23N5O2. The zero-order valence-corrected chi connectivity index (χ0v) is 17.2. The number of aromatic nitrogens is 4. The summed E-state index contributed by atoms with van der Waals surface area (Å²) >= 11 is 0. The number of benzene rings is 2. The van der Waals surface area contributed by atoms with Crippen molar-refractivity contribution in [2.45, 2.75) is 26.3 Å². The van der Waals surface area contributed by atoms with Gasteiger partial charge in [-0.1, -0.05) is 67.5 Å². The van der Waals surface area contributed by atoms with E-state index in [1.54, 1.807) is 16.6 Å². The Morgan fingerprint density at radius 2 is 1.73 bits per heavy atom. The van der Waals surface area contributed by atoms with Crippen molar-refractivity contribution in [1.29, 1.82) is 0 Å². The van der Waals surface area contributed by atoms with Crippen LogP contribution in [-0.2, 0) is 6.54 Å². The molecule has 2 heterocycles. The average Bonchev–Trinajstić information content (AvgIpc) is 3.42. The third-order valence-electron chi connectivity index (χ3n) is 4.72. The molecule has 2 aromatic carbocycles. The van der Waals surface area contributed by atoms with E-state index in [1.807, 2.05) is 80.6 Å². The second-order valence-corrected chi connectivity index (χ2v) is 7.39. The molecule has 4 aromatic rings. The van der Waals surface area contributed by atoms with Gasteiger partial charge >= 0.3 is 0 Å². The van der Waals surface area contributed by atoms with Gasteiger partial charge in [-0.25, -0.2) is 4.68 Å². The highest BCUT2D eigenvalue weighted by Crippen LogP contribution is 2.23. The lowest BCUT2D eigenvalue weighted by Gasteiger charge is -2.15. The molecule has 0 aliphatic carbocycles. The summed E-state index contributed by atoms with van der Waals surface area (Å²) in [5.41, 5.74) is 2.96. The Kier molecular flexibility index (Phi) is 5.43. The summed E-state index contributed by atoms with van der Waals surface area (Å²) in [6, 6.07) is 21.2. The van der Waals surface area contributed by atoms with Crippen LogP contribution in [0.4, 0.5) is 0 Å². The minimum Gasteiger partial charge on any atom is -0.337 e. The third-order valence-corrected chi connectivity index (χ3v) is 4.72. The van der Waals surface area contributed by atoms with Crippen LogP contribution in [0.3, 0.4) is 0 Å². The lowest BCUT2D eigenvalue weighted by atomic mass is 10.1. The van der Waals surface area contributed by atoms with E-state index in [1.165, 1.54) is 0 Å². The Bertz CT molecular complexity index is 1130. The quantitative estimate of drug-likeness (QED) is 0.481. The van der Waals surface area contributed by atoms with E-state index >= 15 is 0 Å². The van der Waals surface area contributed by atoms with Gasteiger partial charge in [0.2, 0.25) is 5.89 Å². The van der Waals surface area contributed by atoms with Gasteiger partial charge in [0.1, 0.15) is 12.2 Å². The molecule has 0 unspecified atom stereocenters. The van der Waals surface area contributed by atoms with Crippen molar-refractivity contribution < 1.29 is 9.32 Å². The number of carbonyl (C=O) groups excluding carboxylic acids is 1. The number of hydrogen-bond donors (Lipinski definition) is 0. The molecule has 7 nitrogen and oxygen atoms in total. The first-order chi connectivity index (χ1) is 14.5. The minimum atomic E-state index is -0.183. The summed E-state index contributed by atoms with van der Waals surface area (Å²) in [5.74, 6) is 1.02. The second-order valence-electron chi connectivity index (χ2n) is 7.39. The molecule has 7 heteroatoms. The maximum absolute atomic E-state index is 13.3. The van der Waals surface area contributed by atoms with Crippen LogP contribution in [-0.4, -0.2) is 37.8 Å². The Morgan fingerprint density at radius 1 is 1.07 bits per heavy atom. The minimum absolute atomic E-state index is 0.163. The van der Waals surface area contributed by atoms with E-state index in [0.717, 1.165) is 16.9 Å². The molecule has 0 saturated carbocycles. The van der Waals surface area contributed by atoms with Gasteiger partial charge in [-0.15, -0.1) is 0 Å². The standard InChI is InChI=1S/C23H23N5O2/c1-16(2)22-24-21(30-26-22)15-27(3)23(29)20-14-19(17-10-6-4-7-11-17)25-28(20)18-12-8-5-9-13-18/h4-14,16H,15H2,1-3H3. The lowest BCUT2D eigenvalue weighted by Crippen LogP contribution is -2.28. The van der Waals surface area contributed by atoms with E-state index in [0.29, 0.717) is 17.4 Å². The number of nitrogens with zero attached hydrogens (tertiary/aromatic N) is 5. The monoisotopic (exact) mass is 401 g/mol. The third kappa shape index (κ3) is 4.00. The van der Waals surface area contributed by atoms with E-state index in [2.05, 4.69) is 10.1 Å². The van der Waals surface area contributed by atoms with Gasteiger partial charge in [0.15, 0.2) is 5.82 Å². The molecule has 0 spiro atoms. The fraction of sp³-hybridized carbons (Fsp3) is 0.217. The van der Waals surface area contributed by atoms with Crippen molar-refractivity contribution in [3.8, 4) is 16.9 Å². The summed E-state index contributed by atoms with van der Waals surface area (Å²) in [6.45, 7) is 4.21. The molecule has 0 N–H and O–H groups in total. The molecular weight excluding hydrogens is 378 g/mol. The normalized spacial score (nSPS) is 11.1. The van der Waals surface area contributed by atoms with Crippen LogP contribution in [0.5, 0.6) is 0 Å². The predicted molar refractivity (Wildman–Crippen MR) is 113 cm³/mol. The van der Waals surface area contributed by atoms with E-state index < -0.39 is 0 Å². The molecule has 152 valence electrons. The van der Waals surface area contributed by atoms with Crippen LogP contribution in [0.2, 0.25) is 0 Å². The van der Waals surface area contributed by atoms with Crippen LogP contribution in [0.25, 0.3) is 16.9 Å². The SMILES string of the molecule is CC(C)c1noc(CN(C)C(=O)c2cc(-c3ccccc3)nn2-c2ccccc2)n1. The smallest absolute Gasteiger partial charge is 0.272 e. The first-order valence-electron chi connectivity index (χ1n) is 9.82. The maximum Gasteiger partial charge on any atom is 0.272 e. The summed E-state index contributed by atoms with van der Waals surface area (Å²) in [4.78, 5) is 19.2. The Balaban J connectivity index is 1.67. The summed E-state index contributed by atoms with van der Waals surface area (Å²) < 4.78 is 6.97. The maximum atomic E-state index is 13.3. The Hall–Kier alpha value is -3.74. The molecule has 0 aliphatic rings. The second kappa shape index (κ2) is 8.32. The highest BCUT2D eigenvalue weighted by Gasteiger charge is 2.22. The lowest BCUT2D eigenvalue weighted by molar-refractivity contribution is 0.0760. The van der Waals surface area contributed by atoms with Crippen LogP contribution < -0.4 is 0 Å². The first kappa shape index (κ1) is 19.6. The van der Waals surface area contributed by atoms with E-state index in [9.17, 15) is 4.79 Å². The van der Waals surface area contributed by atoms with Crippen LogP contribution >= 0.6 is 0 Å². The molecule has 4 rings (SSSR count). The fourth-order valence-corrected chi connectivity index (χ4v) is 3.09. The molecule has 2 aromatic heterocycles. The number of carbonyl (C=O) groups is 1. The van der Waals surface area contributed by atoms with Gasteiger partial charge in [-0.2, -0.15) is 10.1 Å². The molecule has 0 aliphatic heterocycles. The van der Waals surface area contributed by atoms with Crippen molar-refractivity contribution in [3.05, 3.63) is 84.1 Å². The molecule has 0 radical (unpaired) electrons. The van der Waals surface area contributed by atoms with Gasteiger partial charge in [0.05, 0.1) is 11.4 Å². The number of hydrogen-bond acceptors (Lipinski definition) is 5. The summed E-state index contributed by atoms with van der Waals surface area (Å²) in [6.07, 6.45) is 0.